The minimum atomic E-state index is -1.37. The maximum atomic E-state index is 14.1. The highest BCUT2D eigenvalue weighted by molar-refractivity contribution is 5.26. The number of halogens is 3. The van der Waals surface area contributed by atoms with Gasteiger partial charge in [-0.05, 0) is 34.8 Å². The van der Waals surface area contributed by atoms with E-state index in [0.29, 0.717) is 0 Å². The van der Waals surface area contributed by atoms with Crippen LogP contribution in [-0.4, -0.2) is 0 Å². The van der Waals surface area contributed by atoms with Crippen molar-refractivity contribution < 1.29 is 13.2 Å². The Bertz CT molecular complexity index is 470. The zero-order chi connectivity index (χ0) is 15.7. The minimum Gasteiger partial charge on any atom is -0.204 e. The van der Waals surface area contributed by atoms with E-state index < -0.39 is 17.5 Å². The fraction of sp³-hybridized carbons (Fsp3) is 0.647. The van der Waals surface area contributed by atoms with E-state index in [0.717, 1.165) is 18.9 Å². The van der Waals surface area contributed by atoms with Crippen molar-refractivity contribution in [2.24, 2.45) is 10.8 Å². The minimum absolute atomic E-state index is 0.0231. The molecule has 1 aromatic rings. The second kappa shape index (κ2) is 5.79. The van der Waals surface area contributed by atoms with Crippen LogP contribution in [0.25, 0.3) is 0 Å². The van der Waals surface area contributed by atoms with Gasteiger partial charge in [-0.3, -0.25) is 0 Å². The summed E-state index contributed by atoms with van der Waals surface area (Å²) in [5.41, 5.74) is 0.0743. The predicted molar refractivity (Wildman–Crippen MR) is 77.2 cm³/mol. The van der Waals surface area contributed by atoms with Crippen molar-refractivity contribution in [2.75, 3.05) is 0 Å². The van der Waals surface area contributed by atoms with Gasteiger partial charge in [0.15, 0.2) is 17.5 Å². The molecule has 1 unspecified atom stereocenters. The van der Waals surface area contributed by atoms with Crippen LogP contribution in [0.15, 0.2) is 12.1 Å². The lowest BCUT2D eigenvalue weighted by Gasteiger charge is -2.37. The molecule has 0 spiro atoms. The Morgan fingerprint density at radius 1 is 0.950 bits per heavy atom. The Hall–Kier alpha value is -0.990. The summed E-state index contributed by atoms with van der Waals surface area (Å²) in [6.45, 7) is 12.3. The van der Waals surface area contributed by atoms with Crippen LogP contribution in [0, 0.1) is 28.3 Å². The molecule has 1 aromatic carbocycles. The van der Waals surface area contributed by atoms with Gasteiger partial charge in [0.05, 0.1) is 0 Å². The molecule has 0 aliphatic carbocycles. The summed E-state index contributed by atoms with van der Waals surface area (Å²) < 4.78 is 40.7. The first-order valence-corrected chi connectivity index (χ1v) is 7.13. The van der Waals surface area contributed by atoms with Gasteiger partial charge < -0.3 is 0 Å². The summed E-state index contributed by atoms with van der Waals surface area (Å²) in [6.07, 6.45) is 1.68. The highest BCUT2D eigenvalue weighted by Gasteiger charge is 2.34. The van der Waals surface area contributed by atoms with E-state index in [9.17, 15) is 13.2 Å². The molecule has 0 fully saturated rings. The van der Waals surface area contributed by atoms with Crippen molar-refractivity contribution in [2.45, 2.75) is 60.3 Å². The van der Waals surface area contributed by atoms with Gasteiger partial charge >= 0.3 is 0 Å². The Morgan fingerprint density at radius 2 is 1.50 bits per heavy atom. The molecular formula is C17H25F3. The molecule has 20 heavy (non-hydrogen) atoms. The molecular weight excluding hydrogens is 261 g/mol. The average molecular weight is 286 g/mol. The second-order valence-corrected chi connectivity index (χ2v) is 7.41. The van der Waals surface area contributed by atoms with Crippen LogP contribution in [0.3, 0.4) is 0 Å². The van der Waals surface area contributed by atoms with E-state index in [1.165, 1.54) is 6.07 Å². The van der Waals surface area contributed by atoms with Gasteiger partial charge in [-0.1, -0.05) is 54.0 Å². The third-order valence-electron chi connectivity index (χ3n) is 4.20. The van der Waals surface area contributed by atoms with Gasteiger partial charge in [0, 0.05) is 0 Å². The van der Waals surface area contributed by atoms with E-state index in [2.05, 4.69) is 20.8 Å². The fourth-order valence-corrected chi connectivity index (χ4v) is 2.39. The van der Waals surface area contributed by atoms with Crippen molar-refractivity contribution in [3.8, 4) is 0 Å². The fourth-order valence-electron chi connectivity index (χ4n) is 2.39. The Labute approximate surface area is 120 Å². The predicted octanol–water partition coefficient (Wildman–Crippen LogP) is 6.06. The largest absolute Gasteiger partial charge is 0.204 e. The van der Waals surface area contributed by atoms with Crippen LogP contribution in [-0.2, 0) is 0 Å². The van der Waals surface area contributed by atoms with Gasteiger partial charge in [-0.25, -0.2) is 13.2 Å². The summed E-state index contributed by atoms with van der Waals surface area (Å²) in [6, 6.07) is 2.40. The zero-order valence-electron chi connectivity index (χ0n) is 13.3. The molecule has 1 rings (SSSR count). The van der Waals surface area contributed by atoms with Crippen molar-refractivity contribution in [3.63, 3.8) is 0 Å². The van der Waals surface area contributed by atoms with E-state index in [4.69, 9.17) is 0 Å². The Kier molecular flexibility index (Phi) is 4.94. The zero-order valence-corrected chi connectivity index (χ0v) is 13.3. The summed E-state index contributed by atoms with van der Waals surface area (Å²) >= 11 is 0. The quantitative estimate of drug-likeness (QED) is 0.590. The van der Waals surface area contributed by atoms with Gasteiger partial charge in [-0.2, -0.15) is 0 Å². The van der Waals surface area contributed by atoms with Gasteiger partial charge in [0.2, 0.25) is 0 Å². The van der Waals surface area contributed by atoms with Crippen LogP contribution in [0.5, 0.6) is 0 Å². The Balaban J connectivity index is 3.30. The monoisotopic (exact) mass is 286 g/mol. The molecule has 0 saturated heterocycles. The standard InChI is InChI=1S/C17H25F3/c1-7-17(5,6)10-12(16(2,3)4)11-8-9-13(18)15(20)14(11)19/h8-9,12H,7,10H2,1-6H3. The molecule has 3 heteroatoms. The first kappa shape index (κ1) is 17.1. The van der Waals surface area contributed by atoms with Crippen molar-refractivity contribution in [3.05, 3.63) is 35.1 Å². The topological polar surface area (TPSA) is 0 Å². The van der Waals surface area contributed by atoms with Crippen LogP contribution in [0.2, 0.25) is 0 Å². The summed E-state index contributed by atoms with van der Waals surface area (Å²) in [4.78, 5) is 0. The molecule has 0 aromatic heterocycles. The van der Waals surface area contributed by atoms with E-state index in [1.807, 2.05) is 20.8 Å². The van der Waals surface area contributed by atoms with Crippen LogP contribution >= 0.6 is 0 Å². The maximum absolute atomic E-state index is 14.1. The molecule has 0 bridgehead atoms. The second-order valence-electron chi connectivity index (χ2n) is 7.41. The number of rotatable bonds is 4. The molecule has 1 atom stereocenters. The third kappa shape index (κ3) is 3.77. The molecule has 0 saturated carbocycles. The number of benzene rings is 1. The number of hydrogen-bond acceptors (Lipinski definition) is 0. The lowest BCUT2D eigenvalue weighted by Crippen LogP contribution is -2.26. The SMILES string of the molecule is CCC(C)(C)CC(c1ccc(F)c(F)c1F)C(C)(C)C. The smallest absolute Gasteiger partial charge is 0.194 e. The van der Waals surface area contributed by atoms with Crippen LogP contribution in [0.1, 0.15) is 65.9 Å². The van der Waals surface area contributed by atoms with Crippen molar-refractivity contribution in [1.82, 2.24) is 0 Å². The highest BCUT2D eigenvalue weighted by Crippen LogP contribution is 2.45. The van der Waals surface area contributed by atoms with E-state index >= 15 is 0 Å². The first-order valence-electron chi connectivity index (χ1n) is 7.13. The molecule has 0 N–H and O–H groups in total. The number of hydrogen-bond donors (Lipinski definition) is 0. The van der Waals surface area contributed by atoms with Gasteiger partial charge in [0.25, 0.3) is 0 Å². The van der Waals surface area contributed by atoms with Gasteiger partial charge in [0.1, 0.15) is 0 Å². The summed E-state index contributed by atoms with van der Waals surface area (Å²) in [5.74, 6) is -3.70. The summed E-state index contributed by atoms with van der Waals surface area (Å²) in [7, 11) is 0. The van der Waals surface area contributed by atoms with Crippen LogP contribution in [0.4, 0.5) is 13.2 Å². The molecule has 0 amide bonds. The lowest BCUT2D eigenvalue weighted by molar-refractivity contribution is 0.204. The molecule has 0 heterocycles. The third-order valence-corrected chi connectivity index (χ3v) is 4.20. The summed E-state index contributed by atoms with van der Waals surface area (Å²) in [5, 5.41) is 0. The van der Waals surface area contributed by atoms with E-state index in [1.54, 1.807) is 0 Å². The average Bonchev–Trinajstić information content (AvgIpc) is 2.33. The normalized spacial score (nSPS) is 14.4. The Morgan fingerprint density at radius 3 is 1.95 bits per heavy atom. The van der Waals surface area contributed by atoms with E-state index in [-0.39, 0.29) is 22.3 Å². The highest BCUT2D eigenvalue weighted by atomic mass is 19.2. The molecule has 114 valence electrons. The van der Waals surface area contributed by atoms with Crippen molar-refractivity contribution >= 4 is 0 Å². The van der Waals surface area contributed by atoms with Crippen molar-refractivity contribution in [1.29, 1.82) is 0 Å². The molecule has 0 aliphatic heterocycles. The molecule has 0 aliphatic rings. The lowest BCUT2D eigenvalue weighted by atomic mass is 9.68. The maximum Gasteiger partial charge on any atom is 0.194 e. The van der Waals surface area contributed by atoms with Gasteiger partial charge in [-0.15, -0.1) is 0 Å². The first-order chi connectivity index (χ1) is 8.99. The van der Waals surface area contributed by atoms with Crippen LogP contribution < -0.4 is 0 Å². The molecule has 0 radical (unpaired) electrons. The molecule has 0 nitrogen and oxygen atoms in total.